The van der Waals surface area contributed by atoms with E-state index in [1.807, 2.05) is 18.2 Å². The number of benzene rings is 2. The summed E-state index contributed by atoms with van der Waals surface area (Å²) in [4.78, 5) is 35.8. The second kappa shape index (κ2) is 7.96. The zero-order valence-corrected chi connectivity index (χ0v) is 15.7. The van der Waals surface area contributed by atoms with Gasteiger partial charge in [-0.25, -0.2) is 4.79 Å². The summed E-state index contributed by atoms with van der Waals surface area (Å²) in [6.45, 7) is 4.66. The van der Waals surface area contributed by atoms with Gasteiger partial charge in [0.2, 0.25) is 11.7 Å². The number of fused-ring (bicyclic) bond motifs is 1. The largest absolute Gasteiger partial charge is 0.449 e. The molecule has 2 aromatic carbocycles. The molecule has 7 nitrogen and oxygen atoms in total. The number of esters is 1. The number of carbonyl (C=O) groups is 3. The van der Waals surface area contributed by atoms with E-state index >= 15 is 0 Å². The van der Waals surface area contributed by atoms with Crippen molar-refractivity contribution in [1.29, 1.82) is 0 Å². The van der Waals surface area contributed by atoms with Gasteiger partial charge >= 0.3 is 5.97 Å². The van der Waals surface area contributed by atoms with Gasteiger partial charge in [0.15, 0.2) is 6.10 Å². The average molecular weight is 380 g/mol. The molecule has 144 valence electrons. The van der Waals surface area contributed by atoms with Crippen molar-refractivity contribution in [2.75, 3.05) is 10.6 Å². The fraction of sp³-hybridized carbons (Fsp3) is 0.190. The molecule has 0 aliphatic rings. The van der Waals surface area contributed by atoms with E-state index in [-0.39, 0.29) is 11.7 Å². The van der Waals surface area contributed by atoms with Crippen molar-refractivity contribution >= 4 is 40.1 Å². The maximum Gasteiger partial charge on any atom is 0.375 e. The topological polar surface area (TPSA) is 97.6 Å². The summed E-state index contributed by atoms with van der Waals surface area (Å²) < 4.78 is 10.8. The van der Waals surface area contributed by atoms with Crippen LogP contribution in [0.4, 0.5) is 11.4 Å². The fourth-order valence-electron chi connectivity index (χ4n) is 2.72. The molecule has 2 N–H and O–H groups in total. The smallest absolute Gasteiger partial charge is 0.375 e. The summed E-state index contributed by atoms with van der Waals surface area (Å²) in [5.74, 6) is -1.27. The monoisotopic (exact) mass is 380 g/mol. The van der Waals surface area contributed by atoms with Crippen LogP contribution in [0.1, 0.15) is 30.0 Å². The Balaban J connectivity index is 1.64. The predicted molar refractivity (Wildman–Crippen MR) is 105 cm³/mol. The molecule has 1 aromatic heterocycles. The van der Waals surface area contributed by atoms with Gasteiger partial charge in [-0.3, -0.25) is 9.59 Å². The van der Waals surface area contributed by atoms with Gasteiger partial charge in [-0.05, 0) is 44.2 Å². The molecular weight excluding hydrogens is 360 g/mol. The molecular formula is C21H20N2O5. The van der Waals surface area contributed by atoms with E-state index in [4.69, 9.17) is 9.15 Å². The number of nitrogens with one attached hydrogen (secondary N) is 2. The number of amides is 2. The highest BCUT2D eigenvalue weighted by Gasteiger charge is 2.24. The molecule has 0 fully saturated rings. The van der Waals surface area contributed by atoms with Crippen LogP contribution in [0, 0.1) is 6.92 Å². The summed E-state index contributed by atoms with van der Waals surface area (Å²) in [5, 5.41) is 6.12. The second-order valence-corrected chi connectivity index (χ2v) is 6.35. The lowest BCUT2D eigenvalue weighted by Gasteiger charge is -2.13. The molecule has 0 aliphatic heterocycles. The summed E-state index contributed by atoms with van der Waals surface area (Å²) in [7, 11) is 0. The first-order valence-corrected chi connectivity index (χ1v) is 8.73. The van der Waals surface area contributed by atoms with E-state index in [1.54, 1.807) is 37.3 Å². The molecule has 1 heterocycles. The van der Waals surface area contributed by atoms with E-state index in [1.165, 1.54) is 13.8 Å². The number of anilines is 2. The van der Waals surface area contributed by atoms with Gasteiger partial charge in [-0.2, -0.15) is 0 Å². The number of aryl methyl sites for hydroxylation is 1. The van der Waals surface area contributed by atoms with Crippen LogP contribution >= 0.6 is 0 Å². The van der Waals surface area contributed by atoms with E-state index in [0.29, 0.717) is 22.5 Å². The van der Waals surface area contributed by atoms with E-state index < -0.39 is 18.0 Å². The molecule has 0 saturated carbocycles. The number of carbonyl (C=O) groups excluding carboxylic acids is 3. The summed E-state index contributed by atoms with van der Waals surface area (Å²) >= 11 is 0. The zero-order valence-electron chi connectivity index (χ0n) is 15.7. The molecule has 0 bridgehead atoms. The van der Waals surface area contributed by atoms with Crippen LogP contribution in [0.3, 0.4) is 0 Å². The van der Waals surface area contributed by atoms with Crippen molar-refractivity contribution in [3.63, 3.8) is 0 Å². The molecule has 28 heavy (non-hydrogen) atoms. The van der Waals surface area contributed by atoms with Crippen molar-refractivity contribution in [3.8, 4) is 0 Å². The number of rotatable bonds is 5. The Bertz CT molecular complexity index is 1040. The van der Waals surface area contributed by atoms with Crippen LogP contribution in [0.25, 0.3) is 11.0 Å². The highest BCUT2D eigenvalue weighted by atomic mass is 16.6. The molecule has 3 aromatic rings. The summed E-state index contributed by atoms with van der Waals surface area (Å²) in [6, 6.07) is 13.9. The minimum Gasteiger partial charge on any atom is -0.449 e. The number of para-hydroxylation sites is 1. The average Bonchev–Trinajstić information content (AvgIpc) is 3.00. The number of hydrogen-bond acceptors (Lipinski definition) is 5. The Morgan fingerprint density at radius 3 is 2.18 bits per heavy atom. The maximum atomic E-state index is 12.4. The lowest BCUT2D eigenvalue weighted by atomic mass is 10.1. The third-order valence-corrected chi connectivity index (χ3v) is 4.15. The number of furan rings is 1. The van der Waals surface area contributed by atoms with Crippen molar-refractivity contribution in [1.82, 2.24) is 0 Å². The molecule has 0 radical (unpaired) electrons. The predicted octanol–water partition coefficient (Wildman–Crippen LogP) is 3.88. The standard InChI is InChI=1S/C21H20N2O5/c1-12-17-6-4-5-7-18(17)28-19(12)21(26)27-13(2)20(25)23-16-10-8-15(9-11-16)22-14(3)24/h4-11,13H,1-3H3,(H,22,24)(H,23,25)/t13-/m0/s1. The van der Waals surface area contributed by atoms with Gasteiger partial charge in [-0.15, -0.1) is 0 Å². The molecule has 3 rings (SSSR count). The Hall–Kier alpha value is -3.61. The zero-order chi connectivity index (χ0) is 20.3. The SMILES string of the molecule is CC(=O)Nc1ccc(NC(=O)[C@H](C)OC(=O)c2oc3ccccc3c2C)cc1. The van der Waals surface area contributed by atoms with Crippen LogP contribution in [0.5, 0.6) is 0 Å². The third kappa shape index (κ3) is 4.20. The van der Waals surface area contributed by atoms with Crippen LogP contribution in [0.2, 0.25) is 0 Å². The minimum absolute atomic E-state index is 0.0838. The third-order valence-electron chi connectivity index (χ3n) is 4.15. The normalized spacial score (nSPS) is 11.7. The van der Waals surface area contributed by atoms with Crippen LogP contribution in [-0.4, -0.2) is 23.9 Å². The van der Waals surface area contributed by atoms with Crippen molar-refractivity contribution in [2.45, 2.75) is 26.9 Å². The Morgan fingerprint density at radius 1 is 0.964 bits per heavy atom. The van der Waals surface area contributed by atoms with Crippen molar-refractivity contribution in [3.05, 3.63) is 59.9 Å². The van der Waals surface area contributed by atoms with Gasteiger partial charge in [-0.1, -0.05) is 18.2 Å². The Labute approximate surface area is 161 Å². The summed E-state index contributed by atoms with van der Waals surface area (Å²) in [5.41, 5.74) is 2.39. The highest BCUT2D eigenvalue weighted by Crippen LogP contribution is 2.25. The summed E-state index contributed by atoms with van der Waals surface area (Å²) in [6.07, 6.45) is -1.02. The highest BCUT2D eigenvalue weighted by molar-refractivity contribution is 5.99. The van der Waals surface area contributed by atoms with Crippen LogP contribution in [0.15, 0.2) is 52.9 Å². The first kappa shape index (κ1) is 19.2. The van der Waals surface area contributed by atoms with E-state index in [2.05, 4.69) is 10.6 Å². The van der Waals surface area contributed by atoms with Gasteiger partial charge in [0, 0.05) is 29.2 Å². The molecule has 0 unspecified atom stereocenters. The van der Waals surface area contributed by atoms with Crippen LogP contribution < -0.4 is 10.6 Å². The maximum absolute atomic E-state index is 12.4. The van der Waals surface area contributed by atoms with Gasteiger partial charge in [0.25, 0.3) is 5.91 Å². The molecule has 2 amide bonds. The van der Waals surface area contributed by atoms with E-state index in [9.17, 15) is 14.4 Å². The first-order valence-electron chi connectivity index (χ1n) is 8.73. The molecule has 1 atom stereocenters. The number of ether oxygens (including phenoxy) is 1. The van der Waals surface area contributed by atoms with Crippen molar-refractivity contribution < 1.29 is 23.5 Å². The Morgan fingerprint density at radius 2 is 1.57 bits per heavy atom. The molecule has 7 heteroatoms. The van der Waals surface area contributed by atoms with Crippen LogP contribution in [-0.2, 0) is 14.3 Å². The van der Waals surface area contributed by atoms with Gasteiger partial charge in [0.1, 0.15) is 5.58 Å². The molecule has 0 aliphatic carbocycles. The second-order valence-electron chi connectivity index (χ2n) is 6.35. The van der Waals surface area contributed by atoms with Crippen molar-refractivity contribution in [2.24, 2.45) is 0 Å². The first-order chi connectivity index (χ1) is 13.3. The lowest BCUT2D eigenvalue weighted by Crippen LogP contribution is -2.30. The lowest BCUT2D eigenvalue weighted by molar-refractivity contribution is -0.123. The fourth-order valence-corrected chi connectivity index (χ4v) is 2.72. The molecule has 0 spiro atoms. The quantitative estimate of drug-likeness (QED) is 0.655. The number of hydrogen-bond donors (Lipinski definition) is 2. The van der Waals surface area contributed by atoms with Gasteiger partial charge in [0.05, 0.1) is 0 Å². The Kier molecular flexibility index (Phi) is 5.44. The van der Waals surface area contributed by atoms with Gasteiger partial charge < -0.3 is 19.8 Å². The van der Waals surface area contributed by atoms with E-state index in [0.717, 1.165) is 5.39 Å². The minimum atomic E-state index is -1.02. The molecule has 0 saturated heterocycles.